The Morgan fingerprint density at radius 1 is 1.03 bits per heavy atom. The zero-order chi connectivity index (χ0) is 23.0. The van der Waals surface area contributed by atoms with E-state index in [-0.39, 0.29) is 24.6 Å². The van der Waals surface area contributed by atoms with Gasteiger partial charge in [-0.1, -0.05) is 30.8 Å². The monoisotopic (exact) mass is 430 g/mol. The van der Waals surface area contributed by atoms with Crippen molar-refractivity contribution in [2.24, 2.45) is 11.5 Å². The number of amides is 3. The SMILES string of the molecule is C=C(CN1Cc2c(ccc3ccc(-c4ccc(N)c(OCC(N)=O)c4)cc23)C1=O)C(N)=O. The molecule has 3 aromatic rings. The number of primary amides is 2. The van der Waals surface area contributed by atoms with Crippen LogP contribution in [-0.4, -0.2) is 35.8 Å². The number of nitrogen functional groups attached to an aromatic ring is 1. The Morgan fingerprint density at radius 3 is 2.44 bits per heavy atom. The number of ether oxygens (including phenoxy) is 1. The van der Waals surface area contributed by atoms with Gasteiger partial charge in [0.05, 0.1) is 12.2 Å². The standard InChI is InChI=1S/C24H22N4O4/c1-13(23(27)30)10-28-11-19-17(24(28)31)6-4-14-2-3-15(8-18(14)19)16-5-7-20(25)21(9-16)32-12-22(26)29/h2-9H,1,10-12,25H2,(H2,26,29)(H2,27,30). The van der Waals surface area contributed by atoms with Crippen LogP contribution in [0, 0.1) is 0 Å². The molecule has 0 bridgehead atoms. The van der Waals surface area contributed by atoms with Crippen molar-refractivity contribution in [3.63, 3.8) is 0 Å². The van der Waals surface area contributed by atoms with Crippen LogP contribution in [0.3, 0.4) is 0 Å². The lowest BCUT2D eigenvalue weighted by Gasteiger charge is -2.15. The molecule has 0 fully saturated rings. The summed E-state index contributed by atoms with van der Waals surface area (Å²) in [5.41, 5.74) is 20.2. The van der Waals surface area contributed by atoms with Crippen molar-refractivity contribution in [3.8, 4) is 16.9 Å². The molecule has 8 heteroatoms. The van der Waals surface area contributed by atoms with E-state index in [4.69, 9.17) is 21.9 Å². The molecule has 0 saturated heterocycles. The summed E-state index contributed by atoms with van der Waals surface area (Å²) in [5.74, 6) is -1.02. The first kappa shape index (κ1) is 20.9. The summed E-state index contributed by atoms with van der Waals surface area (Å²) in [4.78, 5) is 36.8. The Balaban J connectivity index is 1.71. The number of hydrogen-bond acceptors (Lipinski definition) is 5. The van der Waals surface area contributed by atoms with Gasteiger partial charge < -0.3 is 26.8 Å². The van der Waals surface area contributed by atoms with Gasteiger partial charge >= 0.3 is 0 Å². The number of rotatable bonds is 7. The molecule has 0 radical (unpaired) electrons. The van der Waals surface area contributed by atoms with Crippen molar-refractivity contribution in [2.45, 2.75) is 6.54 Å². The van der Waals surface area contributed by atoms with Gasteiger partial charge in [0.2, 0.25) is 5.91 Å². The normalized spacial score (nSPS) is 12.6. The summed E-state index contributed by atoms with van der Waals surface area (Å²) in [6.45, 7) is 3.83. The molecule has 0 atom stereocenters. The predicted molar refractivity (Wildman–Crippen MR) is 122 cm³/mol. The number of hydrogen-bond donors (Lipinski definition) is 3. The van der Waals surface area contributed by atoms with Gasteiger partial charge in [0.1, 0.15) is 5.75 Å². The molecule has 0 aromatic heterocycles. The second-order valence-electron chi connectivity index (χ2n) is 7.66. The van der Waals surface area contributed by atoms with Crippen LogP contribution in [-0.2, 0) is 16.1 Å². The number of nitrogens with two attached hydrogens (primary N) is 3. The third-order valence-electron chi connectivity index (χ3n) is 5.45. The van der Waals surface area contributed by atoms with Crippen molar-refractivity contribution in [1.82, 2.24) is 4.90 Å². The molecule has 32 heavy (non-hydrogen) atoms. The predicted octanol–water partition coefficient (Wildman–Crippen LogP) is 1.95. The molecular formula is C24H22N4O4. The average Bonchev–Trinajstić information content (AvgIpc) is 3.08. The molecule has 0 unspecified atom stereocenters. The lowest BCUT2D eigenvalue weighted by molar-refractivity contribution is -0.120. The van der Waals surface area contributed by atoms with Gasteiger partial charge in [0.15, 0.2) is 6.61 Å². The average molecular weight is 430 g/mol. The highest BCUT2D eigenvalue weighted by molar-refractivity contribution is 6.05. The van der Waals surface area contributed by atoms with E-state index >= 15 is 0 Å². The van der Waals surface area contributed by atoms with E-state index in [1.54, 1.807) is 23.1 Å². The minimum atomic E-state index is -0.626. The van der Waals surface area contributed by atoms with E-state index < -0.39 is 11.8 Å². The highest BCUT2D eigenvalue weighted by Crippen LogP contribution is 2.35. The molecule has 6 N–H and O–H groups in total. The Bertz CT molecular complexity index is 1300. The maximum atomic E-state index is 12.8. The molecule has 1 heterocycles. The first-order valence-corrected chi connectivity index (χ1v) is 9.88. The summed E-state index contributed by atoms with van der Waals surface area (Å²) in [5, 5.41) is 1.91. The fraction of sp³-hybridized carbons (Fsp3) is 0.125. The summed E-state index contributed by atoms with van der Waals surface area (Å²) in [7, 11) is 0. The molecule has 0 aliphatic carbocycles. The molecule has 0 spiro atoms. The largest absolute Gasteiger partial charge is 0.482 e. The van der Waals surface area contributed by atoms with Crippen molar-refractivity contribution in [3.05, 3.63) is 71.8 Å². The summed E-state index contributed by atoms with van der Waals surface area (Å²) >= 11 is 0. The van der Waals surface area contributed by atoms with Crippen molar-refractivity contribution < 1.29 is 19.1 Å². The third kappa shape index (κ3) is 3.85. The topological polar surface area (TPSA) is 142 Å². The first-order valence-electron chi connectivity index (χ1n) is 9.88. The summed E-state index contributed by atoms with van der Waals surface area (Å²) in [6, 6.07) is 14.9. The fourth-order valence-corrected chi connectivity index (χ4v) is 3.79. The van der Waals surface area contributed by atoms with E-state index in [1.807, 2.05) is 30.3 Å². The minimum Gasteiger partial charge on any atom is -0.482 e. The molecule has 8 nitrogen and oxygen atoms in total. The zero-order valence-electron chi connectivity index (χ0n) is 17.3. The summed E-state index contributed by atoms with van der Waals surface area (Å²) < 4.78 is 5.41. The molecular weight excluding hydrogens is 408 g/mol. The minimum absolute atomic E-state index is 0.0859. The molecule has 162 valence electrons. The van der Waals surface area contributed by atoms with Crippen LogP contribution < -0.4 is 21.9 Å². The van der Waals surface area contributed by atoms with Crippen molar-refractivity contribution in [1.29, 1.82) is 0 Å². The number of carbonyl (C=O) groups is 3. The second-order valence-corrected chi connectivity index (χ2v) is 7.66. The van der Waals surface area contributed by atoms with Crippen LogP contribution in [0.5, 0.6) is 5.75 Å². The number of carbonyl (C=O) groups excluding carboxylic acids is 3. The van der Waals surface area contributed by atoms with Gasteiger partial charge in [-0.25, -0.2) is 0 Å². The maximum Gasteiger partial charge on any atom is 0.255 e. The van der Waals surface area contributed by atoms with E-state index in [0.717, 1.165) is 27.5 Å². The molecule has 1 aliphatic rings. The Labute approximate surface area is 184 Å². The van der Waals surface area contributed by atoms with E-state index in [1.165, 1.54) is 0 Å². The van der Waals surface area contributed by atoms with Crippen molar-refractivity contribution >= 4 is 34.2 Å². The van der Waals surface area contributed by atoms with Crippen LogP contribution in [0.4, 0.5) is 5.69 Å². The maximum absolute atomic E-state index is 12.8. The molecule has 3 aromatic carbocycles. The fourth-order valence-electron chi connectivity index (χ4n) is 3.79. The second kappa shape index (κ2) is 8.07. The van der Waals surface area contributed by atoms with Crippen LogP contribution in [0.15, 0.2) is 60.7 Å². The van der Waals surface area contributed by atoms with Gasteiger partial charge in [0.25, 0.3) is 11.8 Å². The zero-order valence-corrected chi connectivity index (χ0v) is 17.3. The number of benzene rings is 3. The first-order chi connectivity index (χ1) is 15.2. The van der Waals surface area contributed by atoms with Crippen LogP contribution >= 0.6 is 0 Å². The molecule has 1 aliphatic heterocycles. The van der Waals surface area contributed by atoms with Gasteiger partial charge in [0, 0.05) is 17.7 Å². The number of nitrogens with zero attached hydrogens (tertiary/aromatic N) is 1. The van der Waals surface area contributed by atoms with E-state index in [9.17, 15) is 14.4 Å². The van der Waals surface area contributed by atoms with Gasteiger partial charge in [-0.05, 0) is 51.7 Å². The Kier molecular flexibility index (Phi) is 5.28. The van der Waals surface area contributed by atoms with Crippen LogP contribution in [0.1, 0.15) is 15.9 Å². The van der Waals surface area contributed by atoms with Gasteiger partial charge in [-0.2, -0.15) is 0 Å². The van der Waals surface area contributed by atoms with Gasteiger partial charge in [-0.15, -0.1) is 0 Å². The Hall–Kier alpha value is -4.33. The quantitative estimate of drug-likeness (QED) is 0.388. The van der Waals surface area contributed by atoms with Crippen LogP contribution in [0.2, 0.25) is 0 Å². The molecule has 3 amide bonds. The van der Waals surface area contributed by atoms with Crippen molar-refractivity contribution in [2.75, 3.05) is 18.9 Å². The molecule has 4 rings (SSSR count). The Morgan fingerprint density at radius 2 is 1.72 bits per heavy atom. The smallest absolute Gasteiger partial charge is 0.255 e. The van der Waals surface area contributed by atoms with E-state index in [0.29, 0.717) is 23.5 Å². The lowest BCUT2D eigenvalue weighted by Crippen LogP contribution is -2.30. The third-order valence-corrected chi connectivity index (χ3v) is 5.45. The van der Waals surface area contributed by atoms with Gasteiger partial charge in [-0.3, -0.25) is 14.4 Å². The number of anilines is 1. The van der Waals surface area contributed by atoms with Crippen LogP contribution in [0.25, 0.3) is 21.9 Å². The summed E-state index contributed by atoms with van der Waals surface area (Å²) in [6.07, 6.45) is 0. The molecule has 0 saturated carbocycles. The highest BCUT2D eigenvalue weighted by Gasteiger charge is 2.29. The van der Waals surface area contributed by atoms with E-state index in [2.05, 4.69) is 6.58 Å². The number of fused-ring (bicyclic) bond motifs is 3. The lowest BCUT2D eigenvalue weighted by atomic mass is 9.96. The highest BCUT2D eigenvalue weighted by atomic mass is 16.5.